The van der Waals surface area contributed by atoms with E-state index in [0.29, 0.717) is 5.56 Å². The first kappa shape index (κ1) is 26.1. The summed E-state index contributed by atoms with van der Waals surface area (Å²) in [5, 5.41) is 9.50. The lowest BCUT2D eigenvalue weighted by Crippen LogP contribution is -2.17. The second-order valence-electron chi connectivity index (χ2n) is 8.82. The predicted molar refractivity (Wildman–Crippen MR) is 134 cm³/mol. The van der Waals surface area contributed by atoms with Crippen LogP contribution in [0.3, 0.4) is 0 Å². The Labute approximate surface area is 195 Å². The molecule has 2 rings (SSSR count). The van der Waals surface area contributed by atoms with E-state index in [4.69, 9.17) is 0 Å². The normalized spacial score (nSPS) is 11.0. The summed E-state index contributed by atoms with van der Waals surface area (Å²) in [4.78, 5) is 17.5. The van der Waals surface area contributed by atoms with Crippen LogP contribution in [0.25, 0.3) is 11.1 Å². The van der Waals surface area contributed by atoms with Gasteiger partial charge in [-0.2, -0.15) is 5.26 Å². The average Bonchev–Trinajstić information content (AvgIpc) is 2.83. The van der Waals surface area contributed by atoms with Gasteiger partial charge in [0, 0.05) is 5.56 Å². The molecule has 0 atom stereocenters. The van der Waals surface area contributed by atoms with E-state index < -0.39 is 5.97 Å². The van der Waals surface area contributed by atoms with Crippen molar-refractivity contribution in [3.05, 3.63) is 58.1 Å². The van der Waals surface area contributed by atoms with Crippen molar-refractivity contribution in [3.8, 4) is 11.1 Å². The SMILES string of the molecule is CCCCc1c(CCCC)c(CCCC)c(-c2ccccc2)c(C(=O)OO)c1CCCC. The molecular formula is C29H42O3. The van der Waals surface area contributed by atoms with Crippen LogP contribution in [0.15, 0.2) is 30.3 Å². The molecule has 1 N–H and O–H groups in total. The Hall–Kier alpha value is -2.13. The molecule has 0 aliphatic heterocycles. The van der Waals surface area contributed by atoms with E-state index in [1.807, 2.05) is 18.2 Å². The van der Waals surface area contributed by atoms with Crippen molar-refractivity contribution in [2.45, 2.75) is 105 Å². The van der Waals surface area contributed by atoms with Gasteiger partial charge in [-0.1, -0.05) is 83.7 Å². The summed E-state index contributed by atoms with van der Waals surface area (Å²) >= 11 is 0. The number of hydrogen-bond donors (Lipinski definition) is 1. The topological polar surface area (TPSA) is 46.5 Å². The van der Waals surface area contributed by atoms with Crippen molar-refractivity contribution in [1.82, 2.24) is 0 Å². The highest BCUT2D eigenvalue weighted by molar-refractivity contribution is 6.00. The van der Waals surface area contributed by atoms with Gasteiger partial charge < -0.3 is 0 Å². The summed E-state index contributed by atoms with van der Waals surface area (Å²) in [6.45, 7) is 8.85. The molecule has 2 aromatic carbocycles. The largest absolute Gasteiger partial charge is 0.373 e. The summed E-state index contributed by atoms with van der Waals surface area (Å²) in [6.07, 6.45) is 12.6. The number of carbonyl (C=O) groups excluding carboxylic acids is 1. The van der Waals surface area contributed by atoms with Gasteiger partial charge in [0.15, 0.2) is 0 Å². The van der Waals surface area contributed by atoms with Crippen molar-refractivity contribution >= 4 is 5.97 Å². The maximum Gasteiger partial charge on any atom is 0.373 e. The summed E-state index contributed by atoms with van der Waals surface area (Å²) in [7, 11) is 0. The van der Waals surface area contributed by atoms with E-state index in [2.05, 4.69) is 44.7 Å². The van der Waals surface area contributed by atoms with E-state index >= 15 is 0 Å². The lowest BCUT2D eigenvalue weighted by molar-refractivity contribution is -0.182. The molecule has 0 saturated heterocycles. The number of carbonyl (C=O) groups is 1. The molecule has 3 nitrogen and oxygen atoms in total. The monoisotopic (exact) mass is 438 g/mol. The molecule has 2 aromatic rings. The molecule has 0 bridgehead atoms. The third-order valence-corrected chi connectivity index (χ3v) is 6.42. The minimum atomic E-state index is -0.618. The van der Waals surface area contributed by atoms with Crippen molar-refractivity contribution in [3.63, 3.8) is 0 Å². The van der Waals surface area contributed by atoms with Crippen LogP contribution in [0, 0.1) is 0 Å². The van der Waals surface area contributed by atoms with Crippen molar-refractivity contribution in [1.29, 1.82) is 0 Å². The Balaban J connectivity index is 2.97. The fourth-order valence-electron chi connectivity index (χ4n) is 4.73. The lowest BCUT2D eigenvalue weighted by Gasteiger charge is -2.26. The highest BCUT2D eigenvalue weighted by Gasteiger charge is 2.28. The third kappa shape index (κ3) is 6.45. The van der Waals surface area contributed by atoms with E-state index in [1.165, 1.54) is 16.7 Å². The van der Waals surface area contributed by atoms with Gasteiger partial charge in [-0.25, -0.2) is 4.79 Å². The maximum atomic E-state index is 13.1. The molecule has 0 amide bonds. The molecule has 176 valence electrons. The lowest BCUT2D eigenvalue weighted by atomic mass is 9.78. The Kier molecular flexibility index (Phi) is 11.5. The Bertz CT molecular complexity index is 839. The molecular weight excluding hydrogens is 396 g/mol. The molecule has 0 spiro atoms. The van der Waals surface area contributed by atoms with Gasteiger partial charge in [-0.15, -0.1) is 0 Å². The van der Waals surface area contributed by atoms with Gasteiger partial charge in [0.2, 0.25) is 0 Å². The predicted octanol–water partition coefficient (Wildman–Crippen LogP) is 8.35. The molecule has 3 heteroatoms. The number of hydrogen-bond acceptors (Lipinski definition) is 3. The Morgan fingerprint density at radius 1 is 0.688 bits per heavy atom. The van der Waals surface area contributed by atoms with Gasteiger partial charge in [0.1, 0.15) is 0 Å². The van der Waals surface area contributed by atoms with Crippen LogP contribution in [0.4, 0.5) is 0 Å². The van der Waals surface area contributed by atoms with Crippen LogP contribution < -0.4 is 0 Å². The molecule has 0 unspecified atom stereocenters. The van der Waals surface area contributed by atoms with E-state index in [0.717, 1.165) is 93.7 Å². The number of unbranched alkanes of at least 4 members (excludes halogenated alkanes) is 4. The molecule has 0 aliphatic carbocycles. The quantitative estimate of drug-likeness (QED) is 0.238. The summed E-state index contributed by atoms with van der Waals surface area (Å²) < 4.78 is 0. The van der Waals surface area contributed by atoms with Crippen LogP contribution in [0.1, 0.15) is 112 Å². The van der Waals surface area contributed by atoms with Gasteiger partial charge in [-0.05, 0) is 79.2 Å². The third-order valence-electron chi connectivity index (χ3n) is 6.42. The van der Waals surface area contributed by atoms with Crippen LogP contribution in [0.2, 0.25) is 0 Å². The first-order valence-corrected chi connectivity index (χ1v) is 12.7. The van der Waals surface area contributed by atoms with Crippen molar-refractivity contribution in [2.24, 2.45) is 0 Å². The molecule has 0 heterocycles. The second-order valence-corrected chi connectivity index (χ2v) is 8.82. The summed E-state index contributed by atoms with van der Waals surface area (Å²) in [6, 6.07) is 10.2. The molecule has 0 fully saturated rings. The van der Waals surface area contributed by atoms with E-state index in [9.17, 15) is 10.1 Å². The molecule has 0 radical (unpaired) electrons. The highest BCUT2D eigenvalue weighted by atomic mass is 17.1. The molecule has 0 aliphatic rings. The minimum Gasteiger partial charge on any atom is -0.295 e. The van der Waals surface area contributed by atoms with Gasteiger partial charge in [-0.3, -0.25) is 4.89 Å². The standard InChI is InChI=1S/C29H42O3/c1-5-9-18-23-24(19-10-6-2)26(21-12-8-4)28(29(30)32-31)27(25(23)20-11-7-3)22-16-14-13-15-17-22/h13-17,31H,5-12,18-21H2,1-4H3. The second kappa shape index (κ2) is 14.1. The van der Waals surface area contributed by atoms with Gasteiger partial charge in [0.05, 0.1) is 5.56 Å². The van der Waals surface area contributed by atoms with Gasteiger partial charge in [0.25, 0.3) is 0 Å². The maximum absolute atomic E-state index is 13.1. The smallest absolute Gasteiger partial charge is 0.295 e. The Morgan fingerprint density at radius 3 is 1.59 bits per heavy atom. The van der Waals surface area contributed by atoms with Crippen molar-refractivity contribution in [2.75, 3.05) is 0 Å². The highest BCUT2D eigenvalue weighted by Crippen LogP contribution is 2.39. The first-order chi connectivity index (χ1) is 15.6. The van der Waals surface area contributed by atoms with Crippen molar-refractivity contribution < 1.29 is 14.9 Å². The van der Waals surface area contributed by atoms with Crippen LogP contribution in [-0.4, -0.2) is 11.2 Å². The zero-order valence-corrected chi connectivity index (χ0v) is 20.6. The molecule has 0 saturated carbocycles. The zero-order chi connectivity index (χ0) is 23.3. The number of rotatable bonds is 14. The average molecular weight is 439 g/mol. The van der Waals surface area contributed by atoms with Crippen LogP contribution >= 0.6 is 0 Å². The molecule has 0 aromatic heterocycles. The fourth-order valence-corrected chi connectivity index (χ4v) is 4.73. The minimum absolute atomic E-state index is 0.588. The van der Waals surface area contributed by atoms with Crippen LogP contribution in [0.5, 0.6) is 0 Å². The number of benzene rings is 2. The van der Waals surface area contributed by atoms with E-state index in [-0.39, 0.29) is 0 Å². The fraction of sp³-hybridized carbons (Fsp3) is 0.552. The van der Waals surface area contributed by atoms with E-state index in [1.54, 1.807) is 0 Å². The molecule has 32 heavy (non-hydrogen) atoms. The first-order valence-electron chi connectivity index (χ1n) is 12.7. The summed E-state index contributed by atoms with van der Waals surface area (Å²) in [5.41, 5.74) is 7.80. The Morgan fingerprint density at radius 2 is 1.12 bits per heavy atom. The summed E-state index contributed by atoms with van der Waals surface area (Å²) in [5.74, 6) is -0.618. The van der Waals surface area contributed by atoms with Crippen LogP contribution in [-0.2, 0) is 30.6 Å². The van der Waals surface area contributed by atoms with Gasteiger partial charge >= 0.3 is 5.97 Å². The zero-order valence-electron chi connectivity index (χ0n) is 20.6.